The predicted octanol–water partition coefficient (Wildman–Crippen LogP) is -1.53. The van der Waals surface area contributed by atoms with Crippen LogP contribution in [0.1, 0.15) is 0 Å². The Morgan fingerprint density at radius 2 is 1.57 bits per heavy atom. The molecule has 0 saturated carbocycles. The lowest BCUT2D eigenvalue weighted by Gasteiger charge is -2.11. The van der Waals surface area contributed by atoms with Gasteiger partial charge >= 0.3 is 0 Å². The number of hydrogen-bond donors (Lipinski definition) is 0. The van der Waals surface area contributed by atoms with Gasteiger partial charge in [-0.05, 0) is 0 Å². The highest BCUT2D eigenvalue weighted by atomic mass is 16.2. The van der Waals surface area contributed by atoms with E-state index in [0.29, 0.717) is 4.90 Å². The van der Waals surface area contributed by atoms with Gasteiger partial charge < -0.3 is 0 Å². The Morgan fingerprint density at radius 1 is 1.00 bits per heavy atom. The van der Waals surface area contributed by atoms with Crippen LogP contribution in [0.15, 0.2) is 23.9 Å². The van der Waals surface area contributed by atoms with E-state index in [1.54, 1.807) is 0 Å². The third kappa shape index (κ3) is 1.05. The van der Waals surface area contributed by atoms with E-state index in [9.17, 15) is 19.2 Å². The molecule has 4 amide bonds. The molecule has 0 bridgehead atoms. The Hall–Kier alpha value is -2.24. The summed E-state index contributed by atoms with van der Waals surface area (Å²) in [5, 5.41) is 3.04. The number of rotatable bonds is 1. The minimum absolute atomic E-state index is 0.282. The normalized spacial score (nSPS) is 20.6. The number of carbonyl (C=O) groups is 4. The van der Waals surface area contributed by atoms with Crippen molar-refractivity contribution >= 4 is 23.6 Å². The van der Waals surface area contributed by atoms with Crippen LogP contribution in [0.25, 0.3) is 0 Å². The van der Waals surface area contributed by atoms with Crippen LogP contribution in [-0.2, 0) is 19.2 Å². The van der Waals surface area contributed by atoms with Crippen LogP contribution in [0, 0.1) is 0 Å². The van der Waals surface area contributed by atoms with Crippen molar-refractivity contribution in [2.45, 2.75) is 0 Å². The molecular formula is C8H3N2O4. The van der Waals surface area contributed by atoms with Gasteiger partial charge in [-0.2, -0.15) is 5.32 Å². The van der Waals surface area contributed by atoms with E-state index in [-0.39, 0.29) is 5.70 Å². The molecule has 0 aromatic carbocycles. The molecule has 0 aromatic heterocycles. The lowest BCUT2D eigenvalue weighted by Crippen LogP contribution is -2.33. The highest BCUT2D eigenvalue weighted by Gasteiger charge is 2.36. The van der Waals surface area contributed by atoms with Gasteiger partial charge in [0.25, 0.3) is 23.6 Å². The molecule has 1 radical (unpaired) electrons. The van der Waals surface area contributed by atoms with Gasteiger partial charge in [0, 0.05) is 18.2 Å². The first-order chi connectivity index (χ1) is 6.59. The Morgan fingerprint density at radius 3 is 2.00 bits per heavy atom. The summed E-state index contributed by atoms with van der Waals surface area (Å²) in [5.41, 5.74) is -0.282. The van der Waals surface area contributed by atoms with E-state index in [1.807, 2.05) is 0 Å². The van der Waals surface area contributed by atoms with E-state index < -0.39 is 23.6 Å². The van der Waals surface area contributed by atoms with Crippen molar-refractivity contribution in [3.8, 4) is 0 Å². The minimum Gasteiger partial charge on any atom is -0.269 e. The zero-order chi connectivity index (χ0) is 10.3. The highest BCUT2D eigenvalue weighted by molar-refractivity contribution is 6.23. The van der Waals surface area contributed by atoms with Crippen molar-refractivity contribution in [2.24, 2.45) is 0 Å². The Labute approximate surface area is 77.9 Å². The van der Waals surface area contributed by atoms with Gasteiger partial charge in [0.15, 0.2) is 0 Å². The summed E-state index contributed by atoms with van der Waals surface area (Å²) >= 11 is 0. The molecule has 0 N–H and O–H groups in total. The second-order valence-electron chi connectivity index (χ2n) is 2.63. The smallest absolute Gasteiger partial charge is 0.269 e. The van der Waals surface area contributed by atoms with E-state index in [2.05, 4.69) is 5.32 Å². The largest absolute Gasteiger partial charge is 0.297 e. The van der Waals surface area contributed by atoms with Gasteiger partial charge in [-0.1, -0.05) is 0 Å². The first kappa shape index (κ1) is 8.36. The van der Waals surface area contributed by atoms with Crippen LogP contribution in [0.2, 0.25) is 0 Å². The summed E-state index contributed by atoms with van der Waals surface area (Å²) in [6.07, 6.45) is 2.92. The SMILES string of the molecule is O=C1C=C(N2C(=O)C=CC2=O)C(=O)[N]1. The first-order valence-electron chi connectivity index (χ1n) is 3.67. The maximum absolute atomic E-state index is 11.1. The topological polar surface area (TPSA) is 85.6 Å². The summed E-state index contributed by atoms with van der Waals surface area (Å²) in [6.45, 7) is 0. The summed E-state index contributed by atoms with van der Waals surface area (Å²) in [7, 11) is 0. The zero-order valence-electron chi connectivity index (χ0n) is 6.76. The number of amides is 4. The molecule has 2 rings (SSSR count). The Balaban J connectivity index is 2.37. The Bertz CT molecular complexity index is 415. The van der Waals surface area contributed by atoms with Crippen LogP contribution in [-0.4, -0.2) is 28.5 Å². The monoisotopic (exact) mass is 191 g/mol. The first-order valence-corrected chi connectivity index (χ1v) is 3.67. The summed E-state index contributed by atoms with van der Waals surface area (Å²) in [5.74, 6) is -2.89. The maximum atomic E-state index is 11.1. The molecule has 2 aliphatic heterocycles. The maximum Gasteiger partial charge on any atom is 0.297 e. The molecule has 6 nitrogen and oxygen atoms in total. The molecule has 14 heavy (non-hydrogen) atoms. The van der Waals surface area contributed by atoms with Crippen molar-refractivity contribution in [1.82, 2.24) is 10.2 Å². The highest BCUT2D eigenvalue weighted by Crippen LogP contribution is 2.15. The van der Waals surface area contributed by atoms with Crippen LogP contribution < -0.4 is 5.32 Å². The van der Waals surface area contributed by atoms with Gasteiger partial charge in [-0.15, -0.1) is 0 Å². The molecule has 0 atom stereocenters. The molecule has 2 heterocycles. The van der Waals surface area contributed by atoms with Crippen molar-refractivity contribution in [1.29, 1.82) is 0 Å². The number of imide groups is 2. The standard InChI is InChI=1S/C8H3N2O4/c11-5-3-4(8(14)9-5)10-6(12)1-2-7(10)13/h1-3H. The average molecular weight is 191 g/mol. The van der Waals surface area contributed by atoms with Crippen LogP contribution in [0.5, 0.6) is 0 Å². The van der Waals surface area contributed by atoms with E-state index >= 15 is 0 Å². The molecule has 6 heteroatoms. The minimum atomic E-state index is -0.861. The quantitative estimate of drug-likeness (QED) is 0.470. The van der Waals surface area contributed by atoms with Gasteiger partial charge in [-0.25, -0.2) is 4.90 Å². The van der Waals surface area contributed by atoms with Gasteiger partial charge in [0.2, 0.25) is 0 Å². The third-order valence-electron chi connectivity index (χ3n) is 1.74. The summed E-state index contributed by atoms with van der Waals surface area (Å²) < 4.78 is 0. The molecule has 2 aliphatic rings. The number of nitrogens with zero attached hydrogens (tertiary/aromatic N) is 2. The van der Waals surface area contributed by atoms with Crippen molar-refractivity contribution in [2.75, 3.05) is 0 Å². The molecule has 0 aliphatic carbocycles. The molecule has 69 valence electrons. The molecule has 0 fully saturated rings. The van der Waals surface area contributed by atoms with Gasteiger partial charge in [-0.3, -0.25) is 19.2 Å². The Kier molecular flexibility index (Phi) is 1.57. The van der Waals surface area contributed by atoms with Crippen LogP contribution in [0.3, 0.4) is 0 Å². The fourth-order valence-electron chi connectivity index (χ4n) is 1.17. The molecule has 0 unspecified atom stereocenters. The van der Waals surface area contributed by atoms with Crippen molar-refractivity contribution < 1.29 is 19.2 Å². The van der Waals surface area contributed by atoms with Gasteiger partial charge in [0.1, 0.15) is 5.70 Å². The van der Waals surface area contributed by atoms with E-state index in [1.165, 1.54) is 0 Å². The van der Waals surface area contributed by atoms with Crippen LogP contribution >= 0.6 is 0 Å². The lowest BCUT2D eigenvalue weighted by molar-refractivity contribution is -0.137. The van der Waals surface area contributed by atoms with E-state index in [0.717, 1.165) is 18.2 Å². The van der Waals surface area contributed by atoms with Crippen molar-refractivity contribution in [3.05, 3.63) is 23.9 Å². The fourth-order valence-corrected chi connectivity index (χ4v) is 1.17. The fraction of sp³-hybridized carbons (Fsp3) is 0. The van der Waals surface area contributed by atoms with Gasteiger partial charge in [0.05, 0.1) is 0 Å². The zero-order valence-corrected chi connectivity index (χ0v) is 6.76. The van der Waals surface area contributed by atoms with E-state index in [4.69, 9.17) is 0 Å². The predicted molar refractivity (Wildman–Crippen MR) is 41.2 cm³/mol. The number of hydrogen-bond acceptors (Lipinski definition) is 4. The number of carbonyl (C=O) groups excluding carboxylic acids is 4. The summed E-state index contributed by atoms with van der Waals surface area (Å²) in [6, 6.07) is 0. The summed E-state index contributed by atoms with van der Waals surface area (Å²) in [4.78, 5) is 44.5. The second-order valence-corrected chi connectivity index (χ2v) is 2.63. The molecular weight excluding hydrogens is 188 g/mol. The molecule has 0 spiro atoms. The van der Waals surface area contributed by atoms with Crippen LogP contribution in [0.4, 0.5) is 0 Å². The molecule has 0 saturated heterocycles. The lowest BCUT2D eigenvalue weighted by atomic mass is 10.3. The van der Waals surface area contributed by atoms with Crippen molar-refractivity contribution in [3.63, 3.8) is 0 Å². The second kappa shape index (κ2) is 2.63. The molecule has 0 aromatic rings. The third-order valence-corrected chi connectivity index (χ3v) is 1.74. The average Bonchev–Trinajstić information content (AvgIpc) is 2.57.